The lowest BCUT2D eigenvalue weighted by Crippen LogP contribution is -2.12. The van der Waals surface area contributed by atoms with Crippen molar-refractivity contribution in [2.45, 2.75) is 26.4 Å². The SMILES string of the molecule is Cc1nn(C)c(CC(C)O)c1C(=O)O. The summed E-state index contributed by atoms with van der Waals surface area (Å²) >= 11 is 0. The summed E-state index contributed by atoms with van der Waals surface area (Å²) < 4.78 is 1.51. The van der Waals surface area contributed by atoms with E-state index < -0.39 is 12.1 Å². The predicted molar refractivity (Wildman–Crippen MR) is 50.3 cm³/mol. The summed E-state index contributed by atoms with van der Waals surface area (Å²) in [6, 6.07) is 0. The van der Waals surface area contributed by atoms with Crippen LogP contribution in [-0.2, 0) is 13.5 Å². The van der Waals surface area contributed by atoms with Gasteiger partial charge in [-0.3, -0.25) is 4.68 Å². The molecule has 0 spiro atoms. The number of carbonyl (C=O) groups is 1. The quantitative estimate of drug-likeness (QED) is 0.734. The zero-order valence-electron chi connectivity index (χ0n) is 8.48. The minimum atomic E-state index is -0.994. The van der Waals surface area contributed by atoms with Crippen molar-refractivity contribution >= 4 is 5.97 Å². The molecule has 14 heavy (non-hydrogen) atoms. The van der Waals surface area contributed by atoms with E-state index >= 15 is 0 Å². The van der Waals surface area contributed by atoms with E-state index in [1.165, 1.54) is 4.68 Å². The molecule has 0 aromatic carbocycles. The second-order valence-electron chi connectivity index (χ2n) is 3.39. The second kappa shape index (κ2) is 3.79. The van der Waals surface area contributed by atoms with Crippen molar-refractivity contribution in [2.75, 3.05) is 0 Å². The molecule has 1 aromatic heterocycles. The molecule has 0 radical (unpaired) electrons. The Morgan fingerprint density at radius 2 is 2.21 bits per heavy atom. The molecule has 5 heteroatoms. The largest absolute Gasteiger partial charge is 0.478 e. The summed E-state index contributed by atoms with van der Waals surface area (Å²) in [5, 5.41) is 22.2. The lowest BCUT2D eigenvalue weighted by Gasteiger charge is -2.05. The van der Waals surface area contributed by atoms with E-state index in [-0.39, 0.29) is 5.56 Å². The van der Waals surface area contributed by atoms with Gasteiger partial charge in [0.05, 0.1) is 17.5 Å². The highest BCUT2D eigenvalue weighted by molar-refractivity contribution is 5.90. The molecule has 0 amide bonds. The van der Waals surface area contributed by atoms with Crippen LogP contribution in [0.25, 0.3) is 0 Å². The van der Waals surface area contributed by atoms with Crippen LogP contribution in [-0.4, -0.2) is 32.1 Å². The number of carboxylic acid groups (broad SMARTS) is 1. The first-order valence-electron chi connectivity index (χ1n) is 4.37. The van der Waals surface area contributed by atoms with Gasteiger partial charge in [0.15, 0.2) is 0 Å². The standard InChI is InChI=1S/C9H14N2O3/c1-5(12)4-7-8(9(13)14)6(2)10-11(7)3/h5,12H,4H2,1-3H3,(H,13,14). The third-order valence-corrected chi connectivity index (χ3v) is 2.04. The smallest absolute Gasteiger partial charge is 0.339 e. The lowest BCUT2D eigenvalue weighted by atomic mass is 10.1. The number of aromatic nitrogens is 2. The Hall–Kier alpha value is -1.36. The Morgan fingerprint density at radius 1 is 1.64 bits per heavy atom. The molecule has 0 fully saturated rings. The van der Waals surface area contributed by atoms with Crippen molar-refractivity contribution in [1.29, 1.82) is 0 Å². The summed E-state index contributed by atoms with van der Waals surface area (Å²) in [6.45, 7) is 3.27. The fourth-order valence-electron chi connectivity index (χ4n) is 1.50. The van der Waals surface area contributed by atoms with Crippen molar-refractivity contribution in [1.82, 2.24) is 9.78 Å². The molecule has 2 N–H and O–H groups in total. The Morgan fingerprint density at radius 3 is 2.64 bits per heavy atom. The van der Waals surface area contributed by atoms with Gasteiger partial charge in [0.25, 0.3) is 0 Å². The van der Waals surface area contributed by atoms with Gasteiger partial charge in [0.1, 0.15) is 5.56 Å². The van der Waals surface area contributed by atoms with Crippen molar-refractivity contribution in [2.24, 2.45) is 7.05 Å². The number of nitrogens with zero attached hydrogens (tertiary/aromatic N) is 2. The number of aryl methyl sites for hydroxylation is 2. The predicted octanol–water partition coefficient (Wildman–Crippen LogP) is 0.350. The molecule has 5 nitrogen and oxygen atoms in total. The lowest BCUT2D eigenvalue weighted by molar-refractivity contribution is 0.0694. The minimum Gasteiger partial charge on any atom is -0.478 e. The van der Waals surface area contributed by atoms with Crippen LogP contribution in [0.4, 0.5) is 0 Å². The maximum atomic E-state index is 10.9. The monoisotopic (exact) mass is 198 g/mol. The van der Waals surface area contributed by atoms with Crippen LogP contribution in [0.1, 0.15) is 28.7 Å². The zero-order valence-corrected chi connectivity index (χ0v) is 8.48. The average molecular weight is 198 g/mol. The number of rotatable bonds is 3. The van der Waals surface area contributed by atoms with Gasteiger partial charge < -0.3 is 10.2 Å². The molecule has 1 heterocycles. The first kappa shape index (κ1) is 10.7. The number of aliphatic hydroxyl groups is 1. The third-order valence-electron chi connectivity index (χ3n) is 2.04. The van der Waals surface area contributed by atoms with Gasteiger partial charge in [-0.25, -0.2) is 4.79 Å². The van der Waals surface area contributed by atoms with E-state index in [4.69, 9.17) is 5.11 Å². The topological polar surface area (TPSA) is 75.3 Å². The summed E-state index contributed by atoms with van der Waals surface area (Å²) in [4.78, 5) is 10.9. The maximum absolute atomic E-state index is 10.9. The van der Waals surface area contributed by atoms with Crippen LogP contribution in [0.3, 0.4) is 0 Å². The Balaban J connectivity index is 3.18. The molecular weight excluding hydrogens is 184 g/mol. The van der Waals surface area contributed by atoms with Gasteiger partial charge >= 0.3 is 5.97 Å². The molecule has 0 saturated heterocycles. The molecule has 0 saturated carbocycles. The van der Waals surface area contributed by atoms with Gasteiger partial charge in [-0.1, -0.05) is 0 Å². The highest BCUT2D eigenvalue weighted by Gasteiger charge is 2.20. The van der Waals surface area contributed by atoms with E-state index in [1.54, 1.807) is 20.9 Å². The van der Waals surface area contributed by atoms with Gasteiger partial charge in [-0.15, -0.1) is 0 Å². The highest BCUT2D eigenvalue weighted by Crippen LogP contribution is 2.14. The van der Waals surface area contributed by atoms with E-state index in [9.17, 15) is 9.90 Å². The third kappa shape index (κ3) is 1.93. The van der Waals surface area contributed by atoms with Crippen LogP contribution in [0.15, 0.2) is 0 Å². The number of hydrogen-bond acceptors (Lipinski definition) is 3. The summed E-state index contributed by atoms with van der Waals surface area (Å²) in [6.07, 6.45) is -0.262. The van der Waals surface area contributed by atoms with Gasteiger partial charge in [0.2, 0.25) is 0 Å². The molecule has 1 unspecified atom stereocenters. The van der Waals surface area contributed by atoms with Crippen molar-refractivity contribution < 1.29 is 15.0 Å². The first-order valence-corrected chi connectivity index (χ1v) is 4.37. The molecule has 0 aliphatic heterocycles. The molecule has 0 bridgehead atoms. The van der Waals surface area contributed by atoms with Crippen molar-refractivity contribution in [3.8, 4) is 0 Å². The first-order chi connectivity index (χ1) is 6.43. The van der Waals surface area contributed by atoms with E-state index in [2.05, 4.69) is 5.10 Å². The van der Waals surface area contributed by atoms with Crippen LogP contribution < -0.4 is 0 Å². The normalized spacial score (nSPS) is 12.9. The number of aromatic carboxylic acids is 1. The fraction of sp³-hybridized carbons (Fsp3) is 0.556. The zero-order chi connectivity index (χ0) is 10.9. The molecule has 1 aromatic rings. The molecular formula is C9H14N2O3. The van der Waals surface area contributed by atoms with Crippen LogP contribution in [0, 0.1) is 6.92 Å². The Bertz CT molecular complexity index is 355. The average Bonchev–Trinajstić information content (AvgIpc) is 2.25. The summed E-state index contributed by atoms with van der Waals surface area (Å²) in [5.74, 6) is -0.994. The van der Waals surface area contributed by atoms with Crippen LogP contribution in [0.5, 0.6) is 0 Å². The molecule has 0 aliphatic rings. The molecule has 78 valence electrons. The number of hydrogen-bond donors (Lipinski definition) is 2. The minimum absolute atomic E-state index is 0.202. The van der Waals surface area contributed by atoms with Gasteiger partial charge in [-0.05, 0) is 13.8 Å². The van der Waals surface area contributed by atoms with E-state index in [0.29, 0.717) is 17.8 Å². The number of carboxylic acids is 1. The summed E-state index contributed by atoms with van der Waals surface area (Å²) in [7, 11) is 1.68. The van der Waals surface area contributed by atoms with Gasteiger partial charge in [0, 0.05) is 13.5 Å². The summed E-state index contributed by atoms with van der Waals surface area (Å²) in [5.41, 5.74) is 1.24. The highest BCUT2D eigenvalue weighted by atomic mass is 16.4. The molecule has 1 rings (SSSR count). The Labute approximate surface area is 82.0 Å². The maximum Gasteiger partial charge on any atom is 0.339 e. The second-order valence-corrected chi connectivity index (χ2v) is 3.39. The fourth-order valence-corrected chi connectivity index (χ4v) is 1.50. The van der Waals surface area contributed by atoms with Crippen molar-refractivity contribution in [3.63, 3.8) is 0 Å². The van der Waals surface area contributed by atoms with Crippen LogP contribution >= 0.6 is 0 Å². The van der Waals surface area contributed by atoms with Gasteiger partial charge in [-0.2, -0.15) is 5.10 Å². The van der Waals surface area contributed by atoms with E-state index in [1.807, 2.05) is 0 Å². The molecule has 0 aliphatic carbocycles. The van der Waals surface area contributed by atoms with Crippen molar-refractivity contribution in [3.05, 3.63) is 17.0 Å². The Kier molecular flexibility index (Phi) is 2.90. The number of aliphatic hydroxyl groups excluding tert-OH is 1. The molecule has 1 atom stereocenters. The van der Waals surface area contributed by atoms with Crippen LogP contribution in [0.2, 0.25) is 0 Å². The van der Waals surface area contributed by atoms with E-state index in [0.717, 1.165) is 0 Å².